The number of thiophene rings is 1. The molecule has 0 aliphatic heterocycles. The Morgan fingerprint density at radius 2 is 2.16 bits per heavy atom. The molecule has 1 fully saturated rings. The van der Waals surface area contributed by atoms with E-state index in [2.05, 4.69) is 24.1 Å². The van der Waals surface area contributed by atoms with Gasteiger partial charge in [-0.25, -0.2) is 4.79 Å². The van der Waals surface area contributed by atoms with Gasteiger partial charge in [-0.1, -0.05) is 26.7 Å². The first kappa shape index (κ1) is 17.9. The van der Waals surface area contributed by atoms with Crippen molar-refractivity contribution in [3.05, 3.63) is 32.3 Å². The van der Waals surface area contributed by atoms with Crippen molar-refractivity contribution < 1.29 is 4.79 Å². The highest BCUT2D eigenvalue weighted by molar-refractivity contribution is 7.17. The van der Waals surface area contributed by atoms with Gasteiger partial charge in [-0.15, -0.1) is 11.3 Å². The Balaban J connectivity index is 1.57. The fourth-order valence-electron chi connectivity index (χ4n) is 3.64. The molecule has 0 bridgehead atoms. The number of rotatable bonds is 5. The number of amides is 1. The van der Waals surface area contributed by atoms with Crippen LogP contribution in [0.2, 0.25) is 0 Å². The summed E-state index contributed by atoms with van der Waals surface area (Å²) >= 11 is 1.32. The Morgan fingerprint density at radius 1 is 1.36 bits per heavy atom. The number of carbonyl (C=O) groups is 1. The minimum atomic E-state index is -0.411. The quantitative estimate of drug-likeness (QED) is 0.856. The molecule has 0 unspecified atom stereocenters. The van der Waals surface area contributed by atoms with Crippen molar-refractivity contribution in [2.24, 2.45) is 11.8 Å². The number of nitrogens with zero attached hydrogens (tertiary/aromatic N) is 1. The molecule has 3 rings (SSSR count). The zero-order chi connectivity index (χ0) is 18.0. The number of hydrogen-bond acceptors (Lipinski definition) is 4. The fourth-order valence-corrected chi connectivity index (χ4v) is 4.43. The van der Waals surface area contributed by atoms with Gasteiger partial charge in [-0.3, -0.25) is 14.2 Å². The standard InChI is InChI=1S/C18H25N3O3S/c1-11-5-3-6-13(12(11)2)19-15(22)7-4-9-21-17(23)16-14(8-10-25-16)20-18(21)24/h8,10-13H,3-7,9H2,1-2H3,(H,19,22)(H,20,24)/t11-,12-,13+/m1/s1. The van der Waals surface area contributed by atoms with E-state index >= 15 is 0 Å². The lowest BCUT2D eigenvalue weighted by Gasteiger charge is -2.34. The van der Waals surface area contributed by atoms with Crippen LogP contribution >= 0.6 is 11.3 Å². The summed E-state index contributed by atoms with van der Waals surface area (Å²) in [4.78, 5) is 39.3. The molecular weight excluding hydrogens is 338 g/mol. The number of aromatic nitrogens is 2. The molecule has 6 nitrogen and oxygen atoms in total. The molecule has 2 N–H and O–H groups in total. The van der Waals surface area contributed by atoms with Crippen LogP contribution in [0.1, 0.15) is 46.0 Å². The lowest BCUT2D eigenvalue weighted by atomic mass is 9.78. The number of H-pyrrole nitrogens is 1. The maximum atomic E-state index is 12.3. The molecule has 25 heavy (non-hydrogen) atoms. The molecule has 7 heteroatoms. The van der Waals surface area contributed by atoms with E-state index in [0.29, 0.717) is 34.9 Å². The largest absolute Gasteiger partial charge is 0.353 e. The minimum absolute atomic E-state index is 0.00706. The summed E-state index contributed by atoms with van der Waals surface area (Å²) in [5, 5.41) is 4.91. The topological polar surface area (TPSA) is 84.0 Å². The van der Waals surface area contributed by atoms with Gasteiger partial charge in [-0.2, -0.15) is 0 Å². The SMILES string of the molecule is C[C@@H]1[C@H](C)CCC[C@@H]1NC(=O)CCCn1c(=O)[nH]c2ccsc2c1=O. The lowest BCUT2D eigenvalue weighted by molar-refractivity contribution is -0.122. The second kappa shape index (κ2) is 7.56. The molecule has 0 saturated heterocycles. The van der Waals surface area contributed by atoms with Crippen LogP contribution in [-0.2, 0) is 11.3 Å². The number of nitrogens with one attached hydrogen (secondary N) is 2. The Labute approximate surface area is 150 Å². The Hall–Kier alpha value is -1.89. The zero-order valence-electron chi connectivity index (χ0n) is 14.7. The normalized spacial score (nSPS) is 23.7. The van der Waals surface area contributed by atoms with E-state index in [9.17, 15) is 14.4 Å². The highest BCUT2D eigenvalue weighted by Gasteiger charge is 2.27. The molecule has 2 heterocycles. The maximum absolute atomic E-state index is 12.3. The van der Waals surface area contributed by atoms with Gasteiger partial charge in [0.05, 0.1) is 5.52 Å². The molecule has 1 amide bonds. The van der Waals surface area contributed by atoms with Crippen LogP contribution in [0.4, 0.5) is 0 Å². The predicted molar refractivity (Wildman–Crippen MR) is 100 cm³/mol. The number of hydrogen-bond donors (Lipinski definition) is 2. The summed E-state index contributed by atoms with van der Waals surface area (Å²) in [6.07, 6.45) is 4.21. The van der Waals surface area contributed by atoms with Gasteiger partial charge in [0.1, 0.15) is 4.70 Å². The second-order valence-corrected chi connectivity index (χ2v) is 8.01. The van der Waals surface area contributed by atoms with Crippen LogP contribution in [0.25, 0.3) is 10.2 Å². The summed E-state index contributed by atoms with van der Waals surface area (Å²) in [5.41, 5.74) is -0.107. The van der Waals surface area contributed by atoms with Crippen molar-refractivity contribution in [3.63, 3.8) is 0 Å². The first-order chi connectivity index (χ1) is 12.0. The van der Waals surface area contributed by atoms with Gasteiger partial charge in [0.25, 0.3) is 5.56 Å². The summed E-state index contributed by atoms with van der Waals surface area (Å²) in [6, 6.07) is 1.97. The van der Waals surface area contributed by atoms with Crippen molar-refractivity contribution in [2.75, 3.05) is 0 Å². The molecule has 0 aromatic carbocycles. The van der Waals surface area contributed by atoms with Crippen LogP contribution in [0.15, 0.2) is 21.0 Å². The monoisotopic (exact) mass is 363 g/mol. The number of fused-ring (bicyclic) bond motifs is 1. The first-order valence-electron chi connectivity index (χ1n) is 8.97. The molecule has 1 saturated carbocycles. The van der Waals surface area contributed by atoms with Gasteiger partial charge in [0.2, 0.25) is 5.91 Å². The van der Waals surface area contributed by atoms with Crippen LogP contribution in [0.5, 0.6) is 0 Å². The van der Waals surface area contributed by atoms with Crippen molar-refractivity contribution >= 4 is 27.5 Å². The molecule has 3 atom stereocenters. The van der Waals surface area contributed by atoms with Gasteiger partial charge in [0.15, 0.2) is 0 Å². The summed E-state index contributed by atoms with van der Waals surface area (Å²) in [7, 11) is 0. The van der Waals surface area contributed by atoms with Gasteiger partial charge in [-0.05, 0) is 36.1 Å². The third-order valence-corrected chi connectivity index (χ3v) is 6.33. The third kappa shape index (κ3) is 3.86. The molecular formula is C18H25N3O3S. The van der Waals surface area contributed by atoms with E-state index in [4.69, 9.17) is 0 Å². The highest BCUT2D eigenvalue weighted by atomic mass is 32.1. The molecule has 0 radical (unpaired) electrons. The zero-order valence-corrected chi connectivity index (χ0v) is 15.5. The third-order valence-electron chi connectivity index (χ3n) is 5.43. The summed E-state index contributed by atoms with van der Waals surface area (Å²) in [5.74, 6) is 1.13. The van der Waals surface area contributed by atoms with Crippen LogP contribution in [0, 0.1) is 11.8 Å². The van der Waals surface area contributed by atoms with Crippen molar-refractivity contribution in [1.82, 2.24) is 14.9 Å². The average Bonchev–Trinajstić information content (AvgIpc) is 3.03. The number of aromatic amines is 1. The van der Waals surface area contributed by atoms with Gasteiger partial charge in [0, 0.05) is 19.0 Å². The fraction of sp³-hybridized carbons (Fsp3) is 0.611. The molecule has 136 valence electrons. The Kier molecular flexibility index (Phi) is 5.42. The van der Waals surface area contributed by atoms with E-state index in [1.165, 1.54) is 22.3 Å². The Morgan fingerprint density at radius 3 is 2.96 bits per heavy atom. The van der Waals surface area contributed by atoms with Crippen LogP contribution < -0.4 is 16.6 Å². The molecule has 1 aliphatic rings. The van der Waals surface area contributed by atoms with E-state index in [1.807, 2.05) is 0 Å². The molecule has 2 aromatic rings. The van der Waals surface area contributed by atoms with Gasteiger partial charge >= 0.3 is 5.69 Å². The van der Waals surface area contributed by atoms with Crippen molar-refractivity contribution in [3.8, 4) is 0 Å². The van der Waals surface area contributed by atoms with Crippen molar-refractivity contribution in [2.45, 2.75) is 58.5 Å². The van der Waals surface area contributed by atoms with Gasteiger partial charge < -0.3 is 10.3 Å². The van der Waals surface area contributed by atoms with E-state index in [1.54, 1.807) is 11.4 Å². The average molecular weight is 363 g/mol. The first-order valence-corrected chi connectivity index (χ1v) is 9.85. The summed E-state index contributed by atoms with van der Waals surface area (Å²) < 4.78 is 1.74. The van der Waals surface area contributed by atoms with Crippen LogP contribution in [-0.4, -0.2) is 21.5 Å². The molecule has 1 aliphatic carbocycles. The van der Waals surface area contributed by atoms with Crippen LogP contribution in [0.3, 0.4) is 0 Å². The smallest absolute Gasteiger partial charge is 0.328 e. The predicted octanol–water partition coefficient (Wildman–Crippen LogP) is 2.47. The molecule has 2 aromatic heterocycles. The van der Waals surface area contributed by atoms with Crippen molar-refractivity contribution in [1.29, 1.82) is 0 Å². The van der Waals surface area contributed by atoms with E-state index < -0.39 is 5.69 Å². The Bertz CT molecular complexity index is 866. The number of carbonyl (C=O) groups excluding carboxylic acids is 1. The molecule has 0 spiro atoms. The summed E-state index contributed by atoms with van der Waals surface area (Å²) in [6.45, 7) is 4.69. The maximum Gasteiger partial charge on any atom is 0.328 e. The van der Waals surface area contributed by atoms with E-state index in [-0.39, 0.29) is 24.1 Å². The lowest BCUT2D eigenvalue weighted by Crippen LogP contribution is -2.43. The highest BCUT2D eigenvalue weighted by Crippen LogP contribution is 2.29. The minimum Gasteiger partial charge on any atom is -0.353 e. The van der Waals surface area contributed by atoms with E-state index in [0.717, 1.165) is 12.8 Å². The second-order valence-electron chi connectivity index (χ2n) is 7.10.